The van der Waals surface area contributed by atoms with Crippen molar-refractivity contribution in [3.05, 3.63) is 59.2 Å². The van der Waals surface area contributed by atoms with Crippen molar-refractivity contribution in [2.24, 2.45) is 0 Å². The van der Waals surface area contributed by atoms with Crippen LogP contribution in [0.15, 0.2) is 47.6 Å². The summed E-state index contributed by atoms with van der Waals surface area (Å²) in [5, 5.41) is 14.9. The first-order valence-corrected chi connectivity index (χ1v) is 11.3. The average molecular weight is 453 g/mol. The molecule has 3 aromatic rings. The number of nitrogens with zero attached hydrogens (tertiary/aromatic N) is 5. The lowest BCUT2D eigenvalue weighted by atomic mass is 10.1. The van der Waals surface area contributed by atoms with Crippen LogP contribution < -0.4 is 5.32 Å². The van der Waals surface area contributed by atoms with Crippen LogP contribution in [0.5, 0.6) is 0 Å². The van der Waals surface area contributed by atoms with Gasteiger partial charge in [0.1, 0.15) is 0 Å². The predicted molar refractivity (Wildman–Crippen MR) is 126 cm³/mol. The standard InChI is InChI=1S/C23H28N6O2S/c1-6-18-9-7-8-10-20(18)24-21(30)14-28(5)22(31)17(4)32-23-25-26-27-29(23)19-12-11-15(2)16(3)13-19/h7-13,17H,6,14H2,1-5H3,(H,24,30). The van der Waals surface area contributed by atoms with Crippen LogP contribution in [0.2, 0.25) is 0 Å². The zero-order chi connectivity index (χ0) is 23.3. The summed E-state index contributed by atoms with van der Waals surface area (Å²) in [6.45, 7) is 7.85. The van der Waals surface area contributed by atoms with Crippen molar-refractivity contribution < 1.29 is 9.59 Å². The molecule has 9 heteroatoms. The second-order valence-electron chi connectivity index (χ2n) is 7.66. The van der Waals surface area contributed by atoms with E-state index in [1.807, 2.05) is 63.2 Å². The average Bonchev–Trinajstić information content (AvgIpc) is 3.23. The molecule has 0 radical (unpaired) electrons. The number of aryl methyl sites for hydroxylation is 3. The van der Waals surface area contributed by atoms with Crippen LogP contribution in [0.4, 0.5) is 5.69 Å². The number of amides is 2. The fourth-order valence-electron chi connectivity index (χ4n) is 3.22. The highest BCUT2D eigenvalue weighted by atomic mass is 32.2. The molecule has 3 rings (SSSR count). The summed E-state index contributed by atoms with van der Waals surface area (Å²) >= 11 is 1.26. The number of anilines is 1. The van der Waals surface area contributed by atoms with Gasteiger partial charge in [-0.05, 0) is 72.5 Å². The Balaban J connectivity index is 1.63. The SMILES string of the molecule is CCc1ccccc1NC(=O)CN(C)C(=O)C(C)Sc1nnnn1-c1ccc(C)c(C)c1. The Morgan fingerprint density at radius 2 is 1.91 bits per heavy atom. The Hall–Kier alpha value is -3.20. The maximum absolute atomic E-state index is 12.9. The number of hydrogen-bond acceptors (Lipinski definition) is 6. The van der Waals surface area contributed by atoms with Crippen LogP contribution in [0, 0.1) is 13.8 Å². The van der Waals surface area contributed by atoms with E-state index < -0.39 is 5.25 Å². The van der Waals surface area contributed by atoms with Crippen molar-refractivity contribution in [1.82, 2.24) is 25.1 Å². The highest BCUT2D eigenvalue weighted by Gasteiger charge is 2.23. The van der Waals surface area contributed by atoms with Gasteiger partial charge < -0.3 is 10.2 Å². The number of likely N-dealkylation sites (N-methyl/N-ethyl adjacent to an activating group) is 1. The quantitative estimate of drug-likeness (QED) is 0.527. The smallest absolute Gasteiger partial charge is 0.243 e. The molecule has 0 aliphatic rings. The van der Waals surface area contributed by atoms with Crippen LogP contribution in [-0.4, -0.2) is 55.8 Å². The number of hydrogen-bond donors (Lipinski definition) is 1. The Morgan fingerprint density at radius 3 is 2.62 bits per heavy atom. The number of aromatic nitrogens is 4. The summed E-state index contributed by atoms with van der Waals surface area (Å²) in [6.07, 6.45) is 0.814. The largest absolute Gasteiger partial charge is 0.335 e. The van der Waals surface area contributed by atoms with Crippen molar-refractivity contribution in [2.75, 3.05) is 18.9 Å². The lowest BCUT2D eigenvalue weighted by molar-refractivity contribution is -0.132. The molecular formula is C23H28N6O2S. The van der Waals surface area contributed by atoms with Gasteiger partial charge in [-0.3, -0.25) is 9.59 Å². The van der Waals surface area contributed by atoms with Gasteiger partial charge in [-0.1, -0.05) is 43.0 Å². The number of nitrogens with one attached hydrogen (secondary N) is 1. The fourth-order valence-corrected chi connectivity index (χ4v) is 4.15. The first kappa shape index (κ1) is 23.5. The predicted octanol–water partition coefficient (Wildman–Crippen LogP) is 3.42. The topological polar surface area (TPSA) is 93.0 Å². The Labute approximate surface area is 192 Å². The van der Waals surface area contributed by atoms with Crippen LogP contribution in [0.1, 0.15) is 30.5 Å². The zero-order valence-corrected chi connectivity index (χ0v) is 19.8. The van der Waals surface area contributed by atoms with Gasteiger partial charge in [0.15, 0.2) is 0 Å². The molecule has 0 spiro atoms. The van der Waals surface area contributed by atoms with E-state index in [1.54, 1.807) is 18.7 Å². The van der Waals surface area contributed by atoms with Gasteiger partial charge in [-0.15, -0.1) is 5.10 Å². The van der Waals surface area contributed by atoms with Gasteiger partial charge in [-0.25, -0.2) is 0 Å². The summed E-state index contributed by atoms with van der Waals surface area (Å²) < 4.78 is 1.62. The monoisotopic (exact) mass is 452 g/mol. The number of carbonyl (C=O) groups excluding carboxylic acids is 2. The molecule has 1 heterocycles. The van der Waals surface area contributed by atoms with E-state index in [-0.39, 0.29) is 18.4 Å². The van der Waals surface area contributed by atoms with Crippen LogP contribution in [0.25, 0.3) is 5.69 Å². The molecule has 2 amide bonds. The summed E-state index contributed by atoms with van der Waals surface area (Å²) in [5.41, 5.74) is 4.98. The molecule has 0 aliphatic heterocycles. The minimum absolute atomic E-state index is 0.0378. The molecule has 32 heavy (non-hydrogen) atoms. The van der Waals surface area contributed by atoms with Crippen molar-refractivity contribution in [1.29, 1.82) is 0 Å². The van der Waals surface area contributed by atoms with Crippen LogP contribution in [0.3, 0.4) is 0 Å². The van der Waals surface area contributed by atoms with Crippen molar-refractivity contribution >= 4 is 29.3 Å². The highest BCUT2D eigenvalue weighted by Crippen LogP contribution is 2.25. The summed E-state index contributed by atoms with van der Waals surface area (Å²) in [5.74, 6) is -0.414. The Bertz CT molecular complexity index is 1110. The first-order valence-electron chi connectivity index (χ1n) is 10.5. The molecule has 1 atom stereocenters. The third kappa shape index (κ3) is 5.53. The Morgan fingerprint density at radius 1 is 1.16 bits per heavy atom. The van der Waals surface area contributed by atoms with E-state index in [0.717, 1.165) is 28.9 Å². The molecule has 1 aromatic heterocycles. The van der Waals surface area contributed by atoms with Crippen molar-refractivity contribution in [3.8, 4) is 5.69 Å². The van der Waals surface area contributed by atoms with E-state index in [1.165, 1.54) is 22.2 Å². The number of carbonyl (C=O) groups is 2. The summed E-state index contributed by atoms with van der Waals surface area (Å²) in [7, 11) is 1.62. The van der Waals surface area contributed by atoms with Gasteiger partial charge in [0.2, 0.25) is 17.0 Å². The van der Waals surface area contributed by atoms with E-state index in [0.29, 0.717) is 5.16 Å². The third-order valence-corrected chi connectivity index (χ3v) is 6.26. The molecule has 168 valence electrons. The molecule has 1 N–H and O–H groups in total. The molecule has 2 aromatic carbocycles. The lowest BCUT2D eigenvalue weighted by Gasteiger charge is -2.20. The van der Waals surface area contributed by atoms with E-state index in [2.05, 4.69) is 20.8 Å². The molecule has 0 saturated heterocycles. The number of tetrazole rings is 1. The highest BCUT2D eigenvalue weighted by molar-refractivity contribution is 8.00. The molecule has 0 aliphatic carbocycles. The second kappa shape index (κ2) is 10.4. The van der Waals surface area contributed by atoms with Gasteiger partial charge in [0, 0.05) is 12.7 Å². The summed E-state index contributed by atoms with van der Waals surface area (Å²) in [4.78, 5) is 26.8. The van der Waals surface area contributed by atoms with Gasteiger partial charge in [-0.2, -0.15) is 4.68 Å². The van der Waals surface area contributed by atoms with Gasteiger partial charge in [0.25, 0.3) is 0 Å². The Kier molecular flexibility index (Phi) is 7.63. The fraction of sp³-hybridized carbons (Fsp3) is 0.348. The van der Waals surface area contributed by atoms with E-state index in [4.69, 9.17) is 0 Å². The van der Waals surface area contributed by atoms with Crippen molar-refractivity contribution in [3.63, 3.8) is 0 Å². The second-order valence-corrected chi connectivity index (χ2v) is 8.96. The molecule has 0 saturated carbocycles. The number of para-hydroxylation sites is 1. The molecule has 0 bridgehead atoms. The number of thioether (sulfide) groups is 1. The van der Waals surface area contributed by atoms with E-state index >= 15 is 0 Å². The first-order chi connectivity index (χ1) is 15.3. The van der Waals surface area contributed by atoms with Gasteiger partial charge >= 0.3 is 0 Å². The minimum atomic E-state index is -0.466. The summed E-state index contributed by atoms with van der Waals surface area (Å²) in [6, 6.07) is 13.6. The molecule has 0 fully saturated rings. The molecule has 8 nitrogen and oxygen atoms in total. The maximum Gasteiger partial charge on any atom is 0.243 e. The number of benzene rings is 2. The minimum Gasteiger partial charge on any atom is -0.335 e. The number of rotatable bonds is 8. The molecular weight excluding hydrogens is 424 g/mol. The lowest BCUT2D eigenvalue weighted by Crippen LogP contribution is -2.39. The maximum atomic E-state index is 12.9. The van der Waals surface area contributed by atoms with Gasteiger partial charge in [0.05, 0.1) is 17.5 Å². The third-order valence-electron chi connectivity index (χ3n) is 5.24. The van der Waals surface area contributed by atoms with E-state index in [9.17, 15) is 9.59 Å². The normalized spacial score (nSPS) is 11.8. The van der Waals surface area contributed by atoms with Crippen molar-refractivity contribution in [2.45, 2.75) is 44.5 Å². The molecule has 1 unspecified atom stereocenters. The van der Waals surface area contributed by atoms with Crippen LogP contribution >= 0.6 is 11.8 Å². The zero-order valence-electron chi connectivity index (χ0n) is 19.0. The van der Waals surface area contributed by atoms with Crippen LogP contribution in [-0.2, 0) is 16.0 Å².